The fraction of sp³-hybridized carbons (Fsp3) is 0.533. The van der Waals surface area contributed by atoms with E-state index in [2.05, 4.69) is 5.32 Å². The molecule has 0 fully saturated rings. The first-order chi connectivity index (χ1) is 9.13. The summed E-state index contributed by atoms with van der Waals surface area (Å²) in [6.07, 6.45) is -0.658. The lowest BCUT2D eigenvalue weighted by molar-refractivity contribution is -0.125. The van der Waals surface area contributed by atoms with Gasteiger partial charge in [-0.15, -0.1) is 0 Å². The summed E-state index contributed by atoms with van der Waals surface area (Å²) in [7, 11) is 0. The molecule has 0 saturated heterocycles. The highest BCUT2D eigenvalue weighted by atomic mass is 35.5. The fourth-order valence-corrected chi connectivity index (χ4v) is 2.29. The molecule has 1 unspecified atom stereocenters. The van der Waals surface area contributed by atoms with Crippen molar-refractivity contribution in [3.63, 3.8) is 0 Å². The summed E-state index contributed by atoms with van der Waals surface area (Å²) < 4.78 is 13.1. The topological polar surface area (TPSA) is 49.3 Å². The van der Waals surface area contributed by atoms with Gasteiger partial charge in [0.1, 0.15) is 5.82 Å². The van der Waals surface area contributed by atoms with Gasteiger partial charge in [0.05, 0.1) is 18.1 Å². The van der Waals surface area contributed by atoms with Gasteiger partial charge in [0, 0.05) is 5.02 Å². The molecule has 1 aromatic rings. The molecule has 3 nitrogen and oxygen atoms in total. The zero-order valence-electron chi connectivity index (χ0n) is 12.2. The average Bonchev–Trinajstić information content (AvgIpc) is 2.26. The largest absolute Gasteiger partial charge is 0.392 e. The van der Waals surface area contributed by atoms with Gasteiger partial charge < -0.3 is 10.4 Å². The first kappa shape index (κ1) is 16.9. The van der Waals surface area contributed by atoms with E-state index < -0.39 is 17.5 Å². The number of nitrogens with one attached hydrogen (secondary N) is 1. The molecular formula is C15H21ClFNO2. The standard InChI is InChI=1S/C15H21ClFNO2/c1-9(2)13(19)8-14(20)18-15(3,4)11-6-5-10(17)7-12(11)16/h5-7,9,13,19H,8H2,1-4H3,(H,18,20). The quantitative estimate of drug-likeness (QED) is 0.877. The summed E-state index contributed by atoms with van der Waals surface area (Å²) in [4.78, 5) is 11.9. The van der Waals surface area contributed by atoms with Gasteiger partial charge in [-0.05, 0) is 37.5 Å². The third-order valence-electron chi connectivity index (χ3n) is 3.22. The van der Waals surface area contributed by atoms with Crippen LogP contribution in [0.2, 0.25) is 5.02 Å². The first-order valence-electron chi connectivity index (χ1n) is 6.58. The normalized spacial score (nSPS) is 13.4. The van der Waals surface area contributed by atoms with Crippen LogP contribution in [0.3, 0.4) is 0 Å². The van der Waals surface area contributed by atoms with Crippen molar-refractivity contribution < 1.29 is 14.3 Å². The molecule has 2 N–H and O–H groups in total. The van der Waals surface area contributed by atoms with E-state index in [1.165, 1.54) is 12.1 Å². The third kappa shape index (κ3) is 4.46. The summed E-state index contributed by atoms with van der Waals surface area (Å²) in [5, 5.41) is 12.8. The number of hydrogen-bond acceptors (Lipinski definition) is 2. The SMILES string of the molecule is CC(C)C(O)CC(=O)NC(C)(C)c1ccc(F)cc1Cl. The van der Waals surface area contributed by atoms with Gasteiger partial charge in [-0.3, -0.25) is 4.79 Å². The van der Waals surface area contributed by atoms with Gasteiger partial charge in [0.15, 0.2) is 0 Å². The van der Waals surface area contributed by atoms with E-state index in [0.29, 0.717) is 5.56 Å². The molecule has 112 valence electrons. The van der Waals surface area contributed by atoms with E-state index in [4.69, 9.17) is 11.6 Å². The molecule has 20 heavy (non-hydrogen) atoms. The number of rotatable bonds is 5. The zero-order valence-corrected chi connectivity index (χ0v) is 13.0. The average molecular weight is 302 g/mol. The van der Waals surface area contributed by atoms with Gasteiger partial charge in [-0.1, -0.05) is 31.5 Å². The van der Waals surface area contributed by atoms with E-state index in [9.17, 15) is 14.3 Å². The maximum atomic E-state index is 13.1. The van der Waals surface area contributed by atoms with Crippen molar-refractivity contribution in [3.05, 3.63) is 34.6 Å². The third-order valence-corrected chi connectivity index (χ3v) is 3.53. The summed E-state index contributed by atoms with van der Waals surface area (Å²) in [6, 6.07) is 4.07. The molecule has 0 bridgehead atoms. The van der Waals surface area contributed by atoms with E-state index >= 15 is 0 Å². The highest BCUT2D eigenvalue weighted by molar-refractivity contribution is 6.31. The summed E-state index contributed by atoms with van der Waals surface area (Å²) >= 11 is 6.01. The van der Waals surface area contributed by atoms with Gasteiger partial charge in [-0.2, -0.15) is 0 Å². The molecule has 1 amide bonds. The predicted molar refractivity (Wildman–Crippen MR) is 78.0 cm³/mol. The van der Waals surface area contributed by atoms with Crippen LogP contribution in [-0.4, -0.2) is 17.1 Å². The number of halogens is 2. The van der Waals surface area contributed by atoms with Crippen LogP contribution in [-0.2, 0) is 10.3 Å². The monoisotopic (exact) mass is 301 g/mol. The van der Waals surface area contributed by atoms with Crippen LogP contribution in [0.4, 0.5) is 4.39 Å². The Morgan fingerprint density at radius 3 is 2.55 bits per heavy atom. The number of aliphatic hydroxyl groups excluding tert-OH is 1. The Morgan fingerprint density at radius 2 is 2.05 bits per heavy atom. The Kier molecular flexibility index (Phi) is 5.54. The molecule has 0 radical (unpaired) electrons. The van der Waals surface area contributed by atoms with Crippen molar-refractivity contribution in [2.75, 3.05) is 0 Å². The molecule has 0 aliphatic heterocycles. The second-order valence-electron chi connectivity index (χ2n) is 5.81. The van der Waals surface area contributed by atoms with Crippen LogP contribution in [0.5, 0.6) is 0 Å². The second kappa shape index (κ2) is 6.55. The Morgan fingerprint density at radius 1 is 1.45 bits per heavy atom. The number of carbonyl (C=O) groups is 1. The second-order valence-corrected chi connectivity index (χ2v) is 6.22. The van der Waals surface area contributed by atoms with Crippen molar-refractivity contribution in [1.82, 2.24) is 5.32 Å². The molecule has 1 atom stereocenters. The summed E-state index contributed by atoms with van der Waals surface area (Å²) in [5.41, 5.74) is -0.105. The molecule has 5 heteroatoms. The molecule has 0 spiro atoms. The zero-order chi connectivity index (χ0) is 15.5. The van der Waals surface area contributed by atoms with Crippen LogP contribution in [0.1, 0.15) is 39.7 Å². The maximum Gasteiger partial charge on any atom is 0.223 e. The van der Waals surface area contributed by atoms with E-state index in [1.807, 2.05) is 13.8 Å². The van der Waals surface area contributed by atoms with Crippen molar-refractivity contribution in [2.24, 2.45) is 5.92 Å². The lowest BCUT2D eigenvalue weighted by Gasteiger charge is -2.28. The van der Waals surface area contributed by atoms with Crippen molar-refractivity contribution >= 4 is 17.5 Å². The van der Waals surface area contributed by atoms with Crippen molar-refractivity contribution in [1.29, 1.82) is 0 Å². The minimum Gasteiger partial charge on any atom is -0.392 e. The van der Waals surface area contributed by atoms with Crippen LogP contribution < -0.4 is 5.32 Å². The lowest BCUT2D eigenvalue weighted by Crippen LogP contribution is -2.42. The Hall–Kier alpha value is -1.13. The minimum atomic E-state index is -0.738. The van der Waals surface area contributed by atoms with Gasteiger partial charge in [0.25, 0.3) is 0 Å². The molecule has 0 aliphatic rings. The van der Waals surface area contributed by atoms with Gasteiger partial charge >= 0.3 is 0 Å². The number of aliphatic hydroxyl groups is 1. The Balaban J connectivity index is 2.81. The van der Waals surface area contributed by atoms with Crippen molar-refractivity contribution in [2.45, 2.75) is 45.8 Å². The van der Waals surface area contributed by atoms with Crippen LogP contribution in [0, 0.1) is 11.7 Å². The molecule has 0 aliphatic carbocycles. The van der Waals surface area contributed by atoms with Crippen LogP contribution in [0.25, 0.3) is 0 Å². The molecule has 0 saturated carbocycles. The van der Waals surface area contributed by atoms with Crippen LogP contribution in [0.15, 0.2) is 18.2 Å². The van der Waals surface area contributed by atoms with E-state index in [-0.39, 0.29) is 23.3 Å². The van der Waals surface area contributed by atoms with Crippen molar-refractivity contribution in [3.8, 4) is 0 Å². The number of benzene rings is 1. The molecule has 0 heterocycles. The first-order valence-corrected chi connectivity index (χ1v) is 6.96. The number of amides is 1. The van der Waals surface area contributed by atoms with Crippen LogP contribution >= 0.6 is 11.6 Å². The van der Waals surface area contributed by atoms with E-state index in [1.54, 1.807) is 19.9 Å². The highest BCUT2D eigenvalue weighted by Crippen LogP contribution is 2.28. The number of carbonyl (C=O) groups excluding carboxylic acids is 1. The van der Waals surface area contributed by atoms with Gasteiger partial charge in [-0.25, -0.2) is 4.39 Å². The molecule has 1 rings (SSSR count). The number of hydrogen-bond donors (Lipinski definition) is 2. The summed E-state index contributed by atoms with van der Waals surface area (Å²) in [6.45, 7) is 7.26. The maximum absolute atomic E-state index is 13.1. The predicted octanol–water partition coefficient (Wildman–Crippen LogP) is 3.24. The minimum absolute atomic E-state index is 0.0123. The lowest BCUT2D eigenvalue weighted by atomic mass is 9.93. The Labute approximate surface area is 124 Å². The molecular weight excluding hydrogens is 281 g/mol. The summed E-state index contributed by atoms with van der Waals surface area (Å²) in [5.74, 6) is -0.675. The molecule has 1 aromatic carbocycles. The molecule has 0 aromatic heterocycles. The fourth-order valence-electron chi connectivity index (χ4n) is 1.89. The van der Waals surface area contributed by atoms with Gasteiger partial charge in [0.2, 0.25) is 5.91 Å². The highest BCUT2D eigenvalue weighted by Gasteiger charge is 2.26. The van der Waals surface area contributed by atoms with E-state index in [0.717, 1.165) is 0 Å². The smallest absolute Gasteiger partial charge is 0.223 e. The Bertz CT molecular complexity index is 489.